The minimum absolute atomic E-state index is 0.205. The van der Waals surface area contributed by atoms with Crippen molar-refractivity contribution in [3.63, 3.8) is 0 Å². The van der Waals surface area contributed by atoms with E-state index in [0.717, 1.165) is 5.56 Å². The third-order valence-electron chi connectivity index (χ3n) is 3.66. The van der Waals surface area contributed by atoms with Crippen LogP contribution in [0.5, 0.6) is 0 Å². The number of hydrogen-bond donors (Lipinski definition) is 1. The lowest BCUT2D eigenvalue weighted by atomic mass is 10.2. The predicted molar refractivity (Wildman–Crippen MR) is 96.1 cm³/mol. The third kappa shape index (κ3) is 3.00. The summed E-state index contributed by atoms with van der Waals surface area (Å²) in [6, 6.07) is 10.00. The summed E-state index contributed by atoms with van der Waals surface area (Å²) in [7, 11) is 1.66. The molecule has 1 amide bonds. The second kappa shape index (κ2) is 6.26. The molecular formula is C17H13Cl2N3O2. The first-order chi connectivity index (χ1) is 11.4. The molecule has 0 aliphatic carbocycles. The van der Waals surface area contributed by atoms with Gasteiger partial charge in [-0.2, -0.15) is 5.10 Å². The number of benzene rings is 2. The van der Waals surface area contributed by atoms with E-state index in [-0.39, 0.29) is 5.69 Å². The molecule has 0 radical (unpaired) electrons. The summed E-state index contributed by atoms with van der Waals surface area (Å²) in [4.78, 5) is 25.0. The van der Waals surface area contributed by atoms with Crippen LogP contribution in [0.15, 0.2) is 41.2 Å². The number of amides is 1. The van der Waals surface area contributed by atoms with Crippen LogP contribution in [0, 0.1) is 6.92 Å². The Balaban J connectivity index is 2.05. The normalized spacial score (nSPS) is 10.8. The van der Waals surface area contributed by atoms with Crippen molar-refractivity contribution >= 4 is 45.7 Å². The van der Waals surface area contributed by atoms with Crippen LogP contribution in [0.25, 0.3) is 10.9 Å². The Hall–Kier alpha value is -2.37. The van der Waals surface area contributed by atoms with Crippen molar-refractivity contribution in [3.8, 4) is 0 Å². The number of anilines is 1. The molecule has 0 unspecified atom stereocenters. The maximum atomic E-state index is 12.6. The van der Waals surface area contributed by atoms with Gasteiger partial charge >= 0.3 is 0 Å². The smallest absolute Gasteiger partial charge is 0.280 e. The highest BCUT2D eigenvalue weighted by molar-refractivity contribution is 6.32. The molecule has 0 bridgehead atoms. The Kier molecular flexibility index (Phi) is 4.30. The van der Waals surface area contributed by atoms with E-state index in [0.29, 0.717) is 26.6 Å². The first kappa shape index (κ1) is 16.5. The third-order valence-corrected chi connectivity index (χ3v) is 4.30. The van der Waals surface area contributed by atoms with Gasteiger partial charge in [-0.25, -0.2) is 0 Å². The van der Waals surface area contributed by atoms with Crippen molar-refractivity contribution in [3.05, 3.63) is 67.9 Å². The number of fused-ring (bicyclic) bond motifs is 1. The highest BCUT2D eigenvalue weighted by atomic mass is 35.5. The van der Waals surface area contributed by atoms with Gasteiger partial charge in [0.1, 0.15) is 0 Å². The van der Waals surface area contributed by atoms with Crippen LogP contribution in [-0.2, 0) is 7.05 Å². The van der Waals surface area contributed by atoms with Crippen LogP contribution < -0.4 is 10.7 Å². The number of nitrogens with zero attached hydrogens (tertiary/aromatic N) is 2. The van der Waals surface area contributed by atoms with Crippen LogP contribution in [0.3, 0.4) is 0 Å². The molecule has 0 saturated carbocycles. The molecule has 3 rings (SSSR count). The predicted octanol–water partition coefficient (Wildman–Crippen LogP) is 3.80. The lowest BCUT2D eigenvalue weighted by Gasteiger charge is -2.09. The van der Waals surface area contributed by atoms with E-state index in [1.54, 1.807) is 37.4 Å². The zero-order valence-electron chi connectivity index (χ0n) is 12.9. The van der Waals surface area contributed by atoms with Gasteiger partial charge in [-0.3, -0.25) is 14.3 Å². The average molecular weight is 362 g/mol. The molecule has 0 aliphatic rings. The number of rotatable bonds is 2. The maximum Gasteiger partial charge on any atom is 0.280 e. The number of carbonyl (C=O) groups excluding carboxylic acids is 1. The molecule has 5 nitrogen and oxygen atoms in total. The Morgan fingerprint density at radius 1 is 1.17 bits per heavy atom. The molecule has 0 aliphatic heterocycles. The molecule has 1 N–H and O–H groups in total. The van der Waals surface area contributed by atoms with E-state index in [4.69, 9.17) is 23.2 Å². The van der Waals surface area contributed by atoms with Gasteiger partial charge in [-0.1, -0.05) is 29.3 Å². The van der Waals surface area contributed by atoms with Crippen molar-refractivity contribution in [1.82, 2.24) is 9.78 Å². The molecule has 24 heavy (non-hydrogen) atoms. The van der Waals surface area contributed by atoms with Gasteiger partial charge in [0, 0.05) is 22.8 Å². The van der Waals surface area contributed by atoms with Crippen molar-refractivity contribution in [2.24, 2.45) is 7.05 Å². The Morgan fingerprint density at radius 3 is 2.62 bits per heavy atom. The zero-order valence-corrected chi connectivity index (χ0v) is 14.4. The number of aromatic nitrogens is 2. The Morgan fingerprint density at radius 2 is 1.92 bits per heavy atom. The van der Waals surface area contributed by atoms with Crippen LogP contribution in [0.2, 0.25) is 10.0 Å². The van der Waals surface area contributed by atoms with Crippen molar-refractivity contribution in [1.29, 1.82) is 0 Å². The van der Waals surface area contributed by atoms with Gasteiger partial charge in [-0.05, 0) is 42.8 Å². The summed E-state index contributed by atoms with van der Waals surface area (Å²) in [6.45, 7) is 1.86. The summed E-state index contributed by atoms with van der Waals surface area (Å²) < 4.78 is 1.48. The second-order valence-electron chi connectivity index (χ2n) is 5.38. The van der Waals surface area contributed by atoms with Gasteiger partial charge < -0.3 is 5.32 Å². The molecule has 0 saturated heterocycles. The fourth-order valence-corrected chi connectivity index (χ4v) is 2.71. The fourth-order valence-electron chi connectivity index (χ4n) is 2.36. The van der Waals surface area contributed by atoms with Gasteiger partial charge in [-0.15, -0.1) is 0 Å². The maximum absolute atomic E-state index is 12.6. The van der Waals surface area contributed by atoms with Crippen molar-refractivity contribution in [2.75, 3.05) is 5.32 Å². The highest BCUT2D eigenvalue weighted by Gasteiger charge is 2.17. The molecular weight excluding hydrogens is 349 g/mol. The van der Waals surface area contributed by atoms with Crippen LogP contribution in [0.4, 0.5) is 5.69 Å². The number of nitrogens with one attached hydrogen (secondary N) is 1. The van der Waals surface area contributed by atoms with Crippen LogP contribution in [-0.4, -0.2) is 15.7 Å². The molecule has 122 valence electrons. The summed E-state index contributed by atoms with van der Waals surface area (Å²) in [5.74, 6) is -0.600. The lowest BCUT2D eigenvalue weighted by Crippen LogP contribution is -2.26. The van der Waals surface area contributed by atoms with E-state index in [1.165, 1.54) is 10.7 Å². The minimum atomic E-state index is -0.600. The van der Waals surface area contributed by atoms with Gasteiger partial charge in [0.05, 0.1) is 10.9 Å². The zero-order chi connectivity index (χ0) is 17.4. The van der Waals surface area contributed by atoms with E-state index in [1.807, 2.05) is 6.92 Å². The summed E-state index contributed by atoms with van der Waals surface area (Å²) in [6.07, 6.45) is 0. The van der Waals surface area contributed by atoms with Crippen molar-refractivity contribution in [2.45, 2.75) is 6.92 Å². The summed E-state index contributed by atoms with van der Waals surface area (Å²) in [5.41, 5.74) is 1.30. The first-order valence-electron chi connectivity index (χ1n) is 7.11. The topological polar surface area (TPSA) is 64.0 Å². The van der Waals surface area contributed by atoms with E-state index >= 15 is 0 Å². The van der Waals surface area contributed by atoms with Gasteiger partial charge in [0.15, 0.2) is 5.69 Å². The second-order valence-corrected chi connectivity index (χ2v) is 6.22. The van der Waals surface area contributed by atoms with Gasteiger partial charge in [0.25, 0.3) is 5.91 Å². The number of carbonyl (C=O) groups is 1. The van der Waals surface area contributed by atoms with E-state index < -0.39 is 11.3 Å². The molecule has 7 heteroatoms. The van der Waals surface area contributed by atoms with Gasteiger partial charge in [0.2, 0.25) is 5.43 Å². The first-order valence-corrected chi connectivity index (χ1v) is 7.86. The minimum Gasteiger partial charge on any atom is -0.320 e. The molecule has 1 heterocycles. The lowest BCUT2D eigenvalue weighted by molar-refractivity contribution is 0.101. The van der Waals surface area contributed by atoms with E-state index in [9.17, 15) is 9.59 Å². The molecule has 2 aromatic carbocycles. The quantitative estimate of drug-likeness (QED) is 0.754. The van der Waals surface area contributed by atoms with E-state index in [2.05, 4.69) is 10.4 Å². The van der Waals surface area contributed by atoms with Crippen molar-refractivity contribution < 1.29 is 4.79 Å². The molecule has 3 aromatic rings. The fraction of sp³-hybridized carbons (Fsp3) is 0.118. The SMILES string of the molecule is Cc1ccc(NC(=O)c2nn(C)c3ccc(Cl)cc3c2=O)cc1Cl. The standard InChI is InChI=1S/C17H13Cl2N3O2/c1-9-3-5-11(8-13(9)19)20-17(24)15-16(23)12-7-10(18)4-6-14(12)22(2)21-15/h3-8H,1-2H3,(H,20,24). The van der Waals surface area contributed by atoms with Crippen LogP contribution in [0.1, 0.15) is 16.1 Å². The largest absolute Gasteiger partial charge is 0.320 e. The monoisotopic (exact) mass is 361 g/mol. The molecule has 0 spiro atoms. The number of hydrogen-bond acceptors (Lipinski definition) is 3. The average Bonchev–Trinajstić information content (AvgIpc) is 2.54. The Bertz CT molecular complexity index is 1030. The Labute approximate surface area is 147 Å². The number of aryl methyl sites for hydroxylation is 2. The summed E-state index contributed by atoms with van der Waals surface area (Å²) >= 11 is 12.0. The van der Waals surface area contributed by atoms with Crippen LogP contribution >= 0.6 is 23.2 Å². The summed E-state index contributed by atoms with van der Waals surface area (Å²) in [5, 5.41) is 8.01. The highest BCUT2D eigenvalue weighted by Crippen LogP contribution is 2.20. The molecule has 0 fully saturated rings. The molecule has 0 atom stereocenters. The molecule has 1 aromatic heterocycles. The number of halogens is 2.